The van der Waals surface area contributed by atoms with Crippen LogP contribution >= 0.6 is 11.6 Å². The third-order valence-corrected chi connectivity index (χ3v) is 8.43. The summed E-state index contributed by atoms with van der Waals surface area (Å²) < 4.78 is 38.3. The summed E-state index contributed by atoms with van der Waals surface area (Å²) in [7, 11) is -2.33. The Balaban J connectivity index is 1.39. The maximum Gasteiger partial charge on any atom is 0.246 e. The number of hydrogen-bond acceptors (Lipinski definition) is 6. The molecule has 0 spiro atoms. The fourth-order valence-corrected chi connectivity index (χ4v) is 6.18. The molecule has 1 amide bonds. The van der Waals surface area contributed by atoms with Crippen molar-refractivity contribution in [2.24, 2.45) is 5.92 Å². The number of nitrogens with zero attached hydrogens (tertiary/aromatic N) is 2. The number of morpholine rings is 1. The van der Waals surface area contributed by atoms with Crippen molar-refractivity contribution in [2.75, 3.05) is 51.8 Å². The van der Waals surface area contributed by atoms with E-state index in [9.17, 15) is 13.2 Å². The van der Waals surface area contributed by atoms with Gasteiger partial charge in [-0.3, -0.25) is 9.69 Å². The van der Waals surface area contributed by atoms with Crippen LogP contribution in [-0.2, 0) is 26.1 Å². The SMILES string of the molecule is COc1ccc(NC(=O)C2CCN(Cc3cccc(Cl)c3)CC2)cc1S(=O)(=O)N1CCOCC1. The number of likely N-dealkylation sites (tertiary alicyclic amines) is 1. The Labute approximate surface area is 205 Å². The van der Waals surface area contributed by atoms with Crippen LogP contribution in [0.15, 0.2) is 47.4 Å². The fraction of sp³-hybridized carbons (Fsp3) is 0.458. The number of rotatable bonds is 7. The molecule has 10 heteroatoms. The maximum absolute atomic E-state index is 13.2. The molecule has 2 aliphatic heterocycles. The number of amides is 1. The molecular weight excluding hydrogens is 478 g/mol. The zero-order valence-electron chi connectivity index (χ0n) is 19.2. The number of carbonyl (C=O) groups is 1. The number of carbonyl (C=O) groups excluding carboxylic acids is 1. The first-order valence-electron chi connectivity index (χ1n) is 11.4. The van der Waals surface area contributed by atoms with Gasteiger partial charge in [-0.1, -0.05) is 23.7 Å². The summed E-state index contributed by atoms with van der Waals surface area (Å²) in [6.07, 6.45) is 1.48. The van der Waals surface area contributed by atoms with Crippen LogP contribution in [0.3, 0.4) is 0 Å². The second kappa shape index (κ2) is 11.0. The smallest absolute Gasteiger partial charge is 0.246 e. The molecule has 2 saturated heterocycles. The predicted octanol–water partition coefficient (Wildman–Crippen LogP) is 3.22. The first kappa shape index (κ1) is 24.9. The number of sulfonamides is 1. The van der Waals surface area contributed by atoms with Gasteiger partial charge in [-0.15, -0.1) is 0 Å². The minimum Gasteiger partial charge on any atom is -0.495 e. The van der Waals surface area contributed by atoms with E-state index in [1.54, 1.807) is 12.1 Å². The van der Waals surface area contributed by atoms with Crippen molar-refractivity contribution in [1.82, 2.24) is 9.21 Å². The van der Waals surface area contributed by atoms with Crippen LogP contribution in [0.2, 0.25) is 5.02 Å². The number of ether oxygens (including phenoxy) is 2. The van der Waals surface area contributed by atoms with E-state index in [4.69, 9.17) is 21.1 Å². The van der Waals surface area contributed by atoms with E-state index < -0.39 is 10.0 Å². The van der Waals surface area contributed by atoms with Gasteiger partial charge in [0.2, 0.25) is 15.9 Å². The van der Waals surface area contributed by atoms with Crippen molar-refractivity contribution in [3.05, 3.63) is 53.1 Å². The molecule has 0 aliphatic carbocycles. The van der Waals surface area contributed by atoms with Crippen LogP contribution in [0.4, 0.5) is 5.69 Å². The molecule has 8 nitrogen and oxygen atoms in total. The number of nitrogens with one attached hydrogen (secondary N) is 1. The van der Waals surface area contributed by atoms with Crippen molar-refractivity contribution in [3.63, 3.8) is 0 Å². The van der Waals surface area contributed by atoms with E-state index in [1.807, 2.05) is 18.2 Å². The molecule has 34 heavy (non-hydrogen) atoms. The predicted molar refractivity (Wildman–Crippen MR) is 131 cm³/mol. The van der Waals surface area contributed by atoms with E-state index in [0.29, 0.717) is 18.9 Å². The van der Waals surface area contributed by atoms with Crippen molar-refractivity contribution in [2.45, 2.75) is 24.3 Å². The summed E-state index contributed by atoms with van der Waals surface area (Å²) >= 11 is 6.08. The summed E-state index contributed by atoms with van der Waals surface area (Å²) in [4.78, 5) is 15.3. The van der Waals surface area contributed by atoms with E-state index in [1.165, 1.54) is 17.5 Å². The standard InChI is InChI=1S/C24H30ClN3O5S/c1-32-22-6-5-21(16-23(22)34(30,31)28-11-13-33-14-12-28)26-24(29)19-7-9-27(10-8-19)17-18-3-2-4-20(25)15-18/h2-6,15-16,19H,7-14,17H2,1H3,(H,26,29). The molecule has 2 aromatic rings. The van der Waals surface area contributed by atoms with Crippen molar-refractivity contribution in [1.29, 1.82) is 0 Å². The average molecular weight is 508 g/mol. The largest absolute Gasteiger partial charge is 0.495 e. The summed E-state index contributed by atoms with van der Waals surface area (Å²) in [5.41, 5.74) is 1.60. The molecule has 2 aliphatic rings. The lowest BCUT2D eigenvalue weighted by Gasteiger charge is -2.31. The van der Waals surface area contributed by atoms with Gasteiger partial charge >= 0.3 is 0 Å². The van der Waals surface area contributed by atoms with Crippen LogP contribution in [-0.4, -0.2) is 70.0 Å². The van der Waals surface area contributed by atoms with Crippen LogP contribution in [0.1, 0.15) is 18.4 Å². The molecule has 0 bridgehead atoms. The Bertz CT molecular complexity index is 1110. The number of piperidine rings is 1. The van der Waals surface area contributed by atoms with Gasteiger partial charge in [-0.25, -0.2) is 8.42 Å². The van der Waals surface area contributed by atoms with Gasteiger partial charge < -0.3 is 14.8 Å². The van der Waals surface area contributed by atoms with Gasteiger partial charge in [0.15, 0.2) is 0 Å². The summed E-state index contributed by atoms with van der Waals surface area (Å²) in [5.74, 6) is 0.0260. The molecule has 2 aromatic carbocycles. The minimum atomic E-state index is -3.77. The lowest BCUT2D eigenvalue weighted by atomic mass is 9.95. The zero-order valence-corrected chi connectivity index (χ0v) is 20.8. The summed E-state index contributed by atoms with van der Waals surface area (Å²) in [6.45, 7) is 3.71. The molecule has 4 rings (SSSR count). The fourth-order valence-electron chi connectivity index (χ4n) is 4.37. The van der Waals surface area contributed by atoms with E-state index in [-0.39, 0.29) is 35.6 Å². The molecule has 0 unspecified atom stereocenters. The number of anilines is 1. The van der Waals surface area contributed by atoms with Gasteiger partial charge in [0, 0.05) is 36.3 Å². The zero-order chi connectivity index (χ0) is 24.1. The van der Waals surface area contributed by atoms with Crippen LogP contribution in [0.5, 0.6) is 5.75 Å². The monoisotopic (exact) mass is 507 g/mol. The van der Waals surface area contributed by atoms with E-state index in [0.717, 1.165) is 43.1 Å². The molecule has 0 radical (unpaired) electrons. The molecule has 1 N–H and O–H groups in total. The minimum absolute atomic E-state index is 0.0473. The number of halogens is 1. The third-order valence-electron chi connectivity index (χ3n) is 6.27. The molecule has 2 fully saturated rings. The molecule has 184 valence electrons. The van der Waals surface area contributed by atoms with Crippen LogP contribution < -0.4 is 10.1 Å². The van der Waals surface area contributed by atoms with Crippen molar-refractivity contribution >= 4 is 33.2 Å². The van der Waals surface area contributed by atoms with Crippen LogP contribution in [0, 0.1) is 5.92 Å². The number of benzene rings is 2. The van der Waals surface area contributed by atoms with Gasteiger partial charge in [-0.2, -0.15) is 4.31 Å². The third kappa shape index (κ3) is 5.90. The Morgan fingerprint density at radius 2 is 1.85 bits per heavy atom. The van der Waals surface area contributed by atoms with E-state index >= 15 is 0 Å². The Morgan fingerprint density at radius 3 is 2.53 bits per heavy atom. The Morgan fingerprint density at radius 1 is 1.12 bits per heavy atom. The maximum atomic E-state index is 13.2. The van der Waals surface area contributed by atoms with Gasteiger partial charge in [0.25, 0.3) is 0 Å². The number of methoxy groups -OCH3 is 1. The highest BCUT2D eigenvalue weighted by molar-refractivity contribution is 7.89. The normalized spacial score (nSPS) is 18.5. The quantitative estimate of drug-likeness (QED) is 0.619. The second-order valence-corrected chi connectivity index (χ2v) is 10.9. The first-order chi connectivity index (χ1) is 16.4. The van der Waals surface area contributed by atoms with Crippen molar-refractivity contribution < 1.29 is 22.7 Å². The Kier molecular flexibility index (Phi) is 8.10. The van der Waals surface area contributed by atoms with Gasteiger partial charge in [-0.05, 0) is 61.8 Å². The second-order valence-electron chi connectivity index (χ2n) is 8.55. The average Bonchev–Trinajstić information content (AvgIpc) is 2.85. The summed E-state index contributed by atoms with van der Waals surface area (Å²) in [5, 5.41) is 3.64. The molecular formula is C24H30ClN3O5S. The molecule has 0 atom stereocenters. The van der Waals surface area contributed by atoms with Gasteiger partial charge in [0.05, 0.1) is 20.3 Å². The number of hydrogen-bond donors (Lipinski definition) is 1. The Hall–Kier alpha value is -2.17. The summed E-state index contributed by atoms with van der Waals surface area (Å²) in [6, 6.07) is 12.6. The first-order valence-corrected chi connectivity index (χ1v) is 13.2. The molecule has 2 heterocycles. The highest BCUT2D eigenvalue weighted by Crippen LogP contribution is 2.31. The molecule has 0 aromatic heterocycles. The molecule has 0 saturated carbocycles. The van der Waals surface area contributed by atoms with Gasteiger partial charge in [0.1, 0.15) is 10.6 Å². The lowest BCUT2D eigenvalue weighted by molar-refractivity contribution is -0.121. The lowest BCUT2D eigenvalue weighted by Crippen LogP contribution is -2.40. The highest BCUT2D eigenvalue weighted by atomic mass is 35.5. The van der Waals surface area contributed by atoms with Crippen LogP contribution in [0.25, 0.3) is 0 Å². The topological polar surface area (TPSA) is 88.2 Å². The highest BCUT2D eigenvalue weighted by Gasteiger charge is 2.30. The van der Waals surface area contributed by atoms with Crippen molar-refractivity contribution in [3.8, 4) is 5.75 Å². The van der Waals surface area contributed by atoms with E-state index in [2.05, 4.69) is 16.3 Å².